The second kappa shape index (κ2) is 11.4. The molecule has 2 unspecified atom stereocenters. The number of piperidine rings is 1. The zero-order valence-corrected chi connectivity index (χ0v) is 21.9. The van der Waals surface area contributed by atoms with Crippen molar-refractivity contribution in [3.8, 4) is 6.07 Å². The first-order valence-electron chi connectivity index (χ1n) is 12.8. The molecule has 1 saturated heterocycles. The average molecular weight is 496 g/mol. The molecule has 0 amide bonds. The Morgan fingerprint density at radius 3 is 2.89 bits per heavy atom. The summed E-state index contributed by atoms with van der Waals surface area (Å²) in [5, 5.41) is 12.3. The second-order valence-electron chi connectivity index (χ2n) is 10.1. The van der Waals surface area contributed by atoms with Crippen molar-refractivity contribution in [3.05, 3.63) is 82.8 Å². The van der Waals surface area contributed by atoms with E-state index in [9.17, 15) is 0 Å². The van der Waals surface area contributed by atoms with Gasteiger partial charge < -0.3 is 16.8 Å². The fourth-order valence-corrected chi connectivity index (χ4v) is 5.63. The first-order valence-corrected chi connectivity index (χ1v) is 12.8. The Bertz CT molecular complexity index is 1300. The van der Waals surface area contributed by atoms with E-state index in [1.165, 1.54) is 34.0 Å². The van der Waals surface area contributed by atoms with Gasteiger partial charge >= 0.3 is 0 Å². The van der Waals surface area contributed by atoms with Crippen molar-refractivity contribution in [1.29, 1.82) is 5.26 Å². The summed E-state index contributed by atoms with van der Waals surface area (Å²) in [6, 6.07) is 8.23. The molecule has 0 radical (unpaired) electrons. The summed E-state index contributed by atoms with van der Waals surface area (Å²) in [5.74, 6) is 1.37. The first-order chi connectivity index (χ1) is 17.8. The van der Waals surface area contributed by atoms with Crippen LogP contribution in [0.15, 0.2) is 60.0 Å². The zero-order valence-electron chi connectivity index (χ0n) is 21.9. The van der Waals surface area contributed by atoms with E-state index in [0.717, 1.165) is 50.0 Å². The third kappa shape index (κ3) is 5.76. The number of hydrogen-bond donors (Lipinski definition) is 3. The minimum absolute atomic E-state index is 0.342. The molecule has 2 atom stereocenters. The number of nitriles is 1. The second-order valence-corrected chi connectivity index (χ2v) is 10.1. The van der Waals surface area contributed by atoms with E-state index in [-0.39, 0.29) is 0 Å². The van der Waals surface area contributed by atoms with Gasteiger partial charge in [0.15, 0.2) is 5.82 Å². The largest absolute Gasteiger partial charge is 0.404 e. The van der Waals surface area contributed by atoms with Crippen LogP contribution in [-0.4, -0.2) is 42.8 Å². The van der Waals surface area contributed by atoms with Crippen LogP contribution in [0, 0.1) is 24.2 Å². The number of pyridine rings is 1. The maximum Gasteiger partial charge on any atom is 0.153 e. The number of nitrogen functional groups attached to an aromatic ring is 1. The number of likely N-dealkylation sites (tertiary alicyclic amines) is 1. The van der Waals surface area contributed by atoms with Gasteiger partial charge in [-0.25, -0.2) is 9.98 Å². The van der Waals surface area contributed by atoms with Gasteiger partial charge in [0.25, 0.3) is 0 Å². The van der Waals surface area contributed by atoms with E-state index >= 15 is 0 Å². The van der Waals surface area contributed by atoms with Gasteiger partial charge in [0, 0.05) is 50.2 Å². The number of aromatic nitrogens is 1. The summed E-state index contributed by atoms with van der Waals surface area (Å²) < 4.78 is 0. The summed E-state index contributed by atoms with van der Waals surface area (Å²) in [4.78, 5) is 11.1. The Morgan fingerprint density at radius 1 is 1.38 bits per heavy atom. The lowest BCUT2D eigenvalue weighted by molar-refractivity contribution is 0.169. The van der Waals surface area contributed by atoms with Crippen molar-refractivity contribution in [2.45, 2.75) is 38.5 Å². The van der Waals surface area contributed by atoms with Gasteiger partial charge in [0.05, 0.1) is 11.3 Å². The minimum atomic E-state index is 0.342. The van der Waals surface area contributed by atoms with Crippen molar-refractivity contribution in [1.82, 2.24) is 15.2 Å². The molecule has 1 fully saturated rings. The molecule has 2 heterocycles. The van der Waals surface area contributed by atoms with E-state index < -0.39 is 0 Å². The van der Waals surface area contributed by atoms with E-state index in [0.29, 0.717) is 35.4 Å². The zero-order chi connectivity index (χ0) is 26.5. The van der Waals surface area contributed by atoms with E-state index in [1.807, 2.05) is 13.1 Å². The highest BCUT2D eigenvalue weighted by Crippen LogP contribution is 2.41. The highest BCUT2D eigenvalue weighted by Gasteiger charge is 2.33. The van der Waals surface area contributed by atoms with Crippen LogP contribution in [0.25, 0.3) is 5.57 Å². The molecular weight excluding hydrogens is 458 g/mol. The van der Waals surface area contributed by atoms with Gasteiger partial charge in [-0.15, -0.1) is 0 Å². The summed E-state index contributed by atoms with van der Waals surface area (Å²) >= 11 is 0. The molecule has 37 heavy (non-hydrogen) atoms. The Balaban J connectivity index is 1.53. The quantitative estimate of drug-likeness (QED) is 0.462. The predicted molar refractivity (Wildman–Crippen MR) is 152 cm³/mol. The minimum Gasteiger partial charge on any atom is -0.404 e. The molecule has 4 rings (SSSR count). The number of nitrogens with zero attached hydrogens (tertiary/aromatic N) is 4. The Morgan fingerprint density at radius 2 is 2.19 bits per heavy atom. The standard InChI is InChI=1S/C30H37N7/c1-19-5-6-26-21(3)27(8-7-25(19)26)28-18-37(10-9-23(28)11-20(2)34-4)17-22(13-31)15-35-30-12-29(33)24(14-32)16-36-30/h7-8,12-13,15-16,23,28,34H,1-2,5-6,9-11,17-18,31H2,3-4H3,(H2,33,36). The number of nitrogens with one attached hydrogen (secondary N) is 1. The average Bonchev–Trinajstić information content (AvgIpc) is 3.29. The fourth-order valence-electron chi connectivity index (χ4n) is 5.63. The van der Waals surface area contributed by atoms with Crippen LogP contribution in [0.5, 0.6) is 0 Å². The third-order valence-electron chi connectivity index (χ3n) is 7.82. The Kier molecular flexibility index (Phi) is 8.10. The monoisotopic (exact) mass is 495 g/mol. The molecule has 0 spiro atoms. The number of anilines is 1. The molecule has 1 aliphatic heterocycles. The molecule has 1 aromatic heterocycles. The molecule has 192 valence electrons. The number of nitrogens with two attached hydrogens (primary N) is 2. The van der Waals surface area contributed by atoms with Gasteiger partial charge in [-0.1, -0.05) is 25.3 Å². The topological polar surface area (TPSA) is 116 Å². The number of fused-ring (bicyclic) bond motifs is 1. The first kappa shape index (κ1) is 26.2. The van der Waals surface area contributed by atoms with Gasteiger partial charge in [-0.3, -0.25) is 4.90 Å². The molecule has 7 nitrogen and oxygen atoms in total. The van der Waals surface area contributed by atoms with Crippen molar-refractivity contribution in [3.63, 3.8) is 0 Å². The number of aliphatic imine (C=N–C) groups is 1. The fraction of sp³-hybridized carbons (Fsp3) is 0.367. The van der Waals surface area contributed by atoms with Gasteiger partial charge in [-0.2, -0.15) is 5.26 Å². The predicted octanol–water partition coefficient (Wildman–Crippen LogP) is 4.58. The normalized spacial score (nSPS) is 20.1. The van der Waals surface area contributed by atoms with Crippen LogP contribution in [0.4, 0.5) is 11.5 Å². The van der Waals surface area contributed by atoms with Gasteiger partial charge in [0.2, 0.25) is 0 Å². The summed E-state index contributed by atoms with van der Waals surface area (Å²) in [5.41, 5.74) is 21.5. The summed E-state index contributed by atoms with van der Waals surface area (Å²) in [6.07, 6.45) is 8.97. The Hall–Kier alpha value is -3.89. The number of hydrogen-bond acceptors (Lipinski definition) is 7. The van der Waals surface area contributed by atoms with Crippen LogP contribution >= 0.6 is 0 Å². The van der Waals surface area contributed by atoms with E-state index in [2.05, 4.69) is 52.4 Å². The van der Waals surface area contributed by atoms with E-state index in [4.69, 9.17) is 16.7 Å². The molecule has 0 bridgehead atoms. The molecular formula is C30H37N7. The molecule has 5 N–H and O–H groups in total. The van der Waals surface area contributed by atoms with Gasteiger partial charge in [-0.05, 0) is 84.7 Å². The lowest BCUT2D eigenvalue weighted by atomic mass is 9.76. The number of allylic oxidation sites excluding steroid dienone is 2. The van der Waals surface area contributed by atoms with Crippen LogP contribution in [0.1, 0.15) is 53.0 Å². The lowest BCUT2D eigenvalue weighted by Gasteiger charge is -2.40. The van der Waals surface area contributed by atoms with Crippen molar-refractivity contribution >= 4 is 23.3 Å². The highest BCUT2D eigenvalue weighted by atomic mass is 15.1. The van der Waals surface area contributed by atoms with Crippen molar-refractivity contribution in [2.75, 3.05) is 32.4 Å². The summed E-state index contributed by atoms with van der Waals surface area (Å²) in [6.45, 7) is 13.4. The van der Waals surface area contributed by atoms with Crippen LogP contribution < -0.4 is 16.8 Å². The van der Waals surface area contributed by atoms with Crippen LogP contribution in [-0.2, 0) is 6.42 Å². The number of benzene rings is 1. The smallest absolute Gasteiger partial charge is 0.153 e. The van der Waals surface area contributed by atoms with E-state index in [1.54, 1.807) is 18.5 Å². The van der Waals surface area contributed by atoms with Crippen molar-refractivity contribution < 1.29 is 0 Å². The van der Waals surface area contributed by atoms with Gasteiger partial charge in [0.1, 0.15) is 6.07 Å². The Labute approximate surface area is 220 Å². The molecule has 2 aromatic rings. The molecule has 1 aromatic carbocycles. The van der Waals surface area contributed by atoms with Crippen LogP contribution in [0.3, 0.4) is 0 Å². The lowest BCUT2D eigenvalue weighted by Crippen LogP contribution is -2.41. The third-order valence-corrected chi connectivity index (χ3v) is 7.82. The molecule has 7 heteroatoms. The molecule has 2 aliphatic rings. The van der Waals surface area contributed by atoms with Crippen LogP contribution in [0.2, 0.25) is 0 Å². The SMILES string of the molecule is C=C(CC1CCN(CC(C=Nc2cc(N)c(C#N)cn2)=CN)CC1c1ccc2c(c1C)CCC2=C)NC. The number of rotatable bonds is 8. The maximum atomic E-state index is 9.06. The molecule has 0 saturated carbocycles. The maximum absolute atomic E-state index is 9.06. The van der Waals surface area contributed by atoms with Crippen molar-refractivity contribution in [2.24, 2.45) is 16.6 Å². The summed E-state index contributed by atoms with van der Waals surface area (Å²) in [7, 11) is 1.95. The molecule has 1 aliphatic carbocycles. The highest BCUT2D eigenvalue weighted by molar-refractivity contribution is 5.81.